The SMILES string of the molecule is COCCOCCNc1ncc(-c2ccc(F)c(C(C)=O)c2)c([C@@H](CC(=O)Cn2nc(C(F)F)c3c2C(F)(F)CCC3(F)F)Cc2cc(F)cc(F)c2)n1. The molecule has 0 radical (unpaired) electrons. The van der Waals surface area contributed by atoms with Crippen LogP contribution in [0, 0.1) is 17.5 Å². The second-order valence-corrected chi connectivity index (χ2v) is 12.7. The minimum atomic E-state index is -4.07. The molecular formula is C36H34F9N5O4. The number of alkyl halides is 6. The lowest BCUT2D eigenvalue weighted by Gasteiger charge is -2.29. The highest BCUT2D eigenvalue weighted by atomic mass is 19.3. The quantitative estimate of drug-likeness (QED) is 0.0656. The van der Waals surface area contributed by atoms with E-state index in [1.165, 1.54) is 25.4 Å². The van der Waals surface area contributed by atoms with Crippen LogP contribution < -0.4 is 5.32 Å². The summed E-state index contributed by atoms with van der Waals surface area (Å²) in [5.74, 6) is -13.7. The number of nitrogens with one attached hydrogen (secondary N) is 1. The van der Waals surface area contributed by atoms with E-state index in [0.717, 1.165) is 25.1 Å². The fourth-order valence-corrected chi connectivity index (χ4v) is 6.28. The highest BCUT2D eigenvalue weighted by Gasteiger charge is 2.55. The summed E-state index contributed by atoms with van der Waals surface area (Å²) in [6, 6.07) is 6.08. The van der Waals surface area contributed by atoms with Crippen molar-refractivity contribution in [3.8, 4) is 11.1 Å². The molecule has 0 amide bonds. The highest BCUT2D eigenvalue weighted by Crippen LogP contribution is 2.52. The van der Waals surface area contributed by atoms with Gasteiger partial charge in [-0.25, -0.2) is 40.7 Å². The van der Waals surface area contributed by atoms with Crippen LogP contribution in [0.2, 0.25) is 0 Å². The fraction of sp³-hybridized carbons (Fsp3) is 0.417. The number of hydrogen-bond donors (Lipinski definition) is 1. The molecule has 0 fully saturated rings. The molecular weight excluding hydrogens is 737 g/mol. The molecule has 1 atom stereocenters. The number of nitrogens with zero attached hydrogens (tertiary/aromatic N) is 4. The summed E-state index contributed by atoms with van der Waals surface area (Å²) >= 11 is 0. The molecule has 9 nitrogen and oxygen atoms in total. The number of halogens is 9. The molecule has 0 bridgehead atoms. The topological polar surface area (TPSA) is 108 Å². The molecule has 18 heteroatoms. The minimum absolute atomic E-state index is 0.0135. The average molecular weight is 772 g/mol. The summed E-state index contributed by atoms with van der Waals surface area (Å²) in [4.78, 5) is 34.8. The summed E-state index contributed by atoms with van der Waals surface area (Å²) in [5, 5.41) is 6.27. The Morgan fingerprint density at radius 2 is 1.65 bits per heavy atom. The minimum Gasteiger partial charge on any atom is -0.382 e. The molecule has 2 aromatic heterocycles. The highest BCUT2D eigenvalue weighted by molar-refractivity contribution is 5.95. The van der Waals surface area contributed by atoms with Crippen LogP contribution in [0.25, 0.3) is 11.1 Å². The van der Waals surface area contributed by atoms with Crippen molar-refractivity contribution >= 4 is 17.5 Å². The second-order valence-electron chi connectivity index (χ2n) is 12.7. The van der Waals surface area contributed by atoms with Gasteiger partial charge >= 0.3 is 0 Å². The van der Waals surface area contributed by atoms with E-state index in [-0.39, 0.29) is 64.8 Å². The van der Waals surface area contributed by atoms with Crippen molar-refractivity contribution in [1.29, 1.82) is 0 Å². The Hall–Kier alpha value is -4.84. The zero-order valence-corrected chi connectivity index (χ0v) is 28.9. The van der Waals surface area contributed by atoms with Gasteiger partial charge in [0.05, 0.1) is 36.6 Å². The van der Waals surface area contributed by atoms with Crippen LogP contribution in [0.15, 0.2) is 42.6 Å². The summed E-state index contributed by atoms with van der Waals surface area (Å²) in [5.41, 5.74) is -4.66. The number of carbonyl (C=O) groups excluding carboxylic acids is 2. The molecule has 2 heterocycles. The van der Waals surface area contributed by atoms with Crippen molar-refractivity contribution in [2.75, 3.05) is 38.8 Å². The van der Waals surface area contributed by atoms with Gasteiger partial charge in [0, 0.05) is 56.7 Å². The fourth-order valence-electron chi connectivity index (χ4n) is 6.28. The number of rotatable bonds is 17. The van der Waals surface area contributed by atoms with Crippen LogP contribution in [0.3, 0.4) is 0 Å². The smallest absolute Gasteiger partial charge is 0.290 e. The van der Waals surface area contributed by atoms with E-state index in [4.69, 9.17) is 9.47 Å². The van der Waals surface area contributed by atoms with Crippen LogP contribution in [-0.4, -0.2) is 64.8 Å². The Morgan fingerprint density at radius 3 is 2.31 bits per heavy atom. The predicted molar refractivity (Wildman–Crippen MR) is 175 cm³/mol. The van der Waals surface area contributed by atoms with E-state index < -0.39 is 96.0 Å². The largest absolute Gasteiger partial charge is 0.382 e. The number of fused-ring (bicyclic) bond motifs is 1. The van der Waals surface area contributed by atoms with Crippen molar-refractivity contribution in [2.24, 2.45) is 0 Å². The maximum atomic E-state index is 15.1. The summed E-state index contributed by atoms with van der Waals surface area (Å²) in [7, 11) is 1.50. The van der Waals surface area contributed by atoms with E-state index in [9.17, 15) is 40.3 Å². The number of aromatic nitrogens is 4. The lowest BCUT2D eigenvalue weighted by molar-refractivity contribution is -0.121. The number of ketones is 2. The third-order valence-electron chi connectivity index (χ3n) is 8.68. The van der Waals surface area contributed by atoms with Gasteiger partial charge in [0.1, 0.15) is 35.4 Å². The van der Waals surface area contributed by atoms with Crippen LogP contribution in [-0.2, 0) is 39.1 Å². The first-order chi connectivity index (χ1) is 25.5. The monoisotopic (exact) mass is 771 g/mol. The number of benzene rings is 2. The Balaban J connectivity index is 1.59. The molecule has 5 rings (SSSR count). The van der Waals surface area contributed by atoms with Crippen LogP contribution in [0.4, 0.5) is 45.5 Å². The first-order valence-corrected chi connectivity index (χ1v) is 16.6. The standard InChI is InChI=1S/C36H34F9N5O4/c1-19(51)26-15-21(3-4-28(26)39)27-17-47-34(46-7-8-54-10-9-53-2)48-30(27)22(11-20-12-23(37)16-24(38)13-20)14-25(52)18-50-32-29(31(49-50)33(40)41)35(42,43)5-6-36(32,44)45/h3-4,12-13,15-17,22,33H,5-11,14,18H2,1-2H3,(H,46,47,48)/t22-/m1/s1. The third-order valence-corrected chi connectivity index (χ3v) is 8.68. The number of anilines is 1. The first-order valence-electron chi connectivity index (χ1n) is 16.6. The maximum absolute atomic E-state index is 15.1. The van der Waals surface area contributed by atoms with E-state index in [2.05, 4.69) is 20.4 Å². The van der Waals surface area contributed by atoms with Crippen molar-refractivity contribution < 1.29 is 58.6 Å². The van der Waals surface area contributed by atoms with Gasteiger partial charge in [0.2, 0.25) is 5.95 Å². The number of ether oxygens (including phenoxy) is 2. The van der Waals surface area contributed by atoms with Gasteiger partial charge in [-0.1, -0.05) is 6.07 Å². The zero-order chi connectivity index (χ0) is 39.4. The molecule has 290 valence electrons. The molecule has 0 spiro atoms. The van der Waals surface area contributed by atoms with Gasteiger partial charge in [-0.05, 0) is 48.7 Å². The Morgan fingerprint density at radius 1 is 0.944 bits per heavy atom. The Kier molecular flexibility index (Phi) is 12.5. The van der Waals surface area contributed by atoms with Gasteiger partial charge in [-0.15, -0.1) is 0 Å². The van der Waals surface area contributed by atoms with E-state index in [1.807, 2.05) is 0 Å². The van der Waals surface area contributed by atoms with Gasteiger partial charge in [-0.3, -0.25) is 14.3 Å². The summed E-state index contributed by atoms with van der Waals surface area (Å²) in [6.07, 6.45) is -6.19. The lowest BCUT2D eigenvalue weighted by atomic mass is 9.86. The Labute approximate surface area is 302 Å². The normalized spacial score (nSPS) is 15.3. The van der Waals surface area contributed by atoms with E-state index in [0.29, 0.717) is 12.7 Å². The van der Waals surface area contributed by atoms with Crippen molar-refractivity contribution in [1.82, 2.24) is 19.7 Å². The second kappa shape index (κ2) is 16.7. The van der Waals surface area contributed by atoms with Crippen molar-refractivity contribution in [2.45, 2.75) is 63.3 Å². The maximum Gasteiger partial charge on any atom is 0.290 e. The molecule has 0 saturated heterocycles. The number of methoxy groups -OCH3 is 1. The van der Waals surface area contributed by atoms with Crippen molar-refractivity contribution in [3.63, 3.8) is 0 Å². The Bertz CT molecular complexity index is 1990. The van der Waals surface area contributed by atoms with E-state index >= 15 is 8.78 Å². The number of carbonyl (C=O) groups is 2. The zero-order valence-electron chi connectivity index (χ0n) is 28.9. The van der Waals surface area contributed by atoms with Gasteiger partial charge in [0.15, 0.2) is 11.6 Å². The van der Waals surface area contributed by atoms with E-state index in [1.54, 1.807) is 0 Å². The van der Waals surface area contributed by atoms with Crippen LogP contribution in [0.5, 0.6) is 0 Å². The van der Waals surface area contributed by atoms with Gasteiger partial charge < -0.3 is 14.8 Å². The first kappa shape index (κ1) is 40.3. The van der Waals surface area contributed by atoms with Gasteiger partial charge in [0.25, 0.3) is 18.3 Å². The molecule has 1 aliphatic carbocycles. The molecule has 0 aliphatic heterocycles. The molecule has 54 heavy (non-hydrogen) atoms. The lowest BCUT2D eigenvalue weighted by Crippen LogP contribution is -2.33. The summed E-state index contributed by atoms with van der Waals surface area (Å²) < 4.78 is 141. The molecule has 0 saturated carbocycles. The van der Waals surface area contributed by atoms with Crippen LogP contribution in [0.1, 0.15) is 77.1 Å². The number of hydrogen-bond acceptors (Lipinski definition) is 8. The predicted octanol–water partition coefficient (Wildman–Crippen LogP) is 7.94. The molecule has 1 N–H and O–H groups in total. The number of Topliss-reactive ketones (excluding diaryl/α,β-unsaturated/α-hetero) is 2. The summed E-state index contributed by atoms with van der Waals surface area (Å²) in [6.45, 7) is 0.936. The molecule has 4 aromatic rings. The molecule has 1 aliphatic rings. The average Bonchev–Trinajstić information content (AvgIpc) is 3.50. The molecule has 0 unspecified atom stereocenters. The molecule has 2 aromatic carbocycles. The van der Waals surface area contributed by atoms with Crippen molar-refractivity contribution in [3.05, 3.63) is 93.8 Å². The van der Waals surface area contributed by atoms with Crippen LogP contribution >= 0.6 is 0 Å². The third kappa shape index (κ3) is 9.26. The van der Waals surface area contributed by atoms with Gasteiger partial charge in [-0.2, -0.15) is 13.9 Å².